The zero-order valence-corrected chi connectivity index (χ0v) is 21.1. The second-order valence-corrected chi connectivity index (χ2v) is 10.0. The summed E-state index contributed by atoms with van der Waals surface area (Å²) in [5.74, 6) is 0.186. The molecule has 7 nitrogen and oxygen atoms in total. The van der Waals surface area contributed by atoms with Crippen LogP contribution in [0.15, 0.2) is 67.1 Å². The van der Waals surface area contributed by atoms with Gasteiger partial charge in [0.25, 0.3) is 0 Å². The highest BCUT2D eigenvalue weighted by Gasteiger charge is 2.20. The second kappa shape index (κ2) is 9.08. The molecule has 3 N–H and O–H groups in total. The molecule has 0 unspecified atom stereocenters. The van der Waals surface area contributed by atoms with Gasteiger partial charge in [0.1, 0.15) is 0 Å². The number of imidazole rings is 1. The number of rotatable bonds is 5. The minimum atomic E-state index is 0.186. The molecule has 8 heteroatoms. The van der Waals surface area contributed by atoms with Crippen LogP contribution >= 0.6 is 11.6 Å². The van der Waals surface area contributed by atoms with E-state index in [4.69, 9.17) is 11.6 Å². The molecule has 3 aromatic heterocycles. The molecule has 0 aliphatic carbocycles. The summed E-state index contributed by atoms with van der Waals surface area (Å²) >= 11 is 6.74. The fraction of sp³-hybridized carbons (Fsp3) is 0.250. The molecule has 4 heterocycles. The number of benzene rings is 2. The van der Waals surface area contributed by atoms with Crippen LogP contribution in [-0.4, -0.2) is 56.6 Å². The van der Waals surface area contributed by atoms with Gasteiger partial charge in [-0.15, -0.1) is 0 Å². The summed E-state index contributed by atoms with van der Waals surface area (Å²) in [7, 11) is 0. The minimum Gasteiger partial charge on any atom is -0.494 e. The van der Waals surface area contributed by atoms with Crippen LogP contribution in [0.4, 0.5) is 17.1 Å². The van der Waals surface area contributed by atoms with Crippen molar-refractivity contribution in [3.05, 3.63) is 72.1 Å². The average molecular weight is 501 g/mol. The van der Waals surface area contributed by atoms with Crippen molar-refractivity contribution in [2.45, 2.75) is 19.9 Å². The third kappa shape index (κ3) is 4.04. The summed E-state index contributed by atoms with van der Waals surface area (Å²) in [6, 6.07) is 16.9. The molecule has 1 fully saturated rings. The molecule has 5 aromatic rings. The first kappa shape index (κ1) is 22.8. The van der Waals surface area contributed by atoms with Gasteiger partial charge in [0.15, 0.2) is 11.5 Å². The van der Waals surface area contributed by atoms with Crippen molar-refractivity contribution in [3.63, 3.8) is 0 Å². The van der Waals surface area contributed by atoms with Gasteiger partial charge in [0.05, 0.1) is 22.1 Å². The number of piperazine rings is 1. The van der Waals surface area contributed by atoms with Crippen molar-refractivity contribution in [3.8, 4) is 17.1 Å². The second-order valence-electron chi connectivity index (χ2n) is 9.60. The van der Waals surface area contributed by atoms with Crippen LogP contribution in [0.5, 0.6) is 5.88 Å². The van der Waals surface area contributed by atoms with E-state index < -0.39 is 0 Å². The van der Waals surface area contributed by atoms with Gasteiger partial charge in [0, 0.05) is 67.3 Å². The van der Waals surface area contributed by atoms with Crippen LogP contribution in [-0.2, 0) is 0 Å². The van der Waals surface area contributed by atoms with Crippen molar-refractivity contribution < 1.29 is 5.11 Å². The summed E-state index contributed by atoms with van der Waals surface area (Å²) in [6.45, 7) is 8.56. The lowest BCUT2D eigenvalue weighted by Crippen LogP contribution is -2.49. The lowest BCUT2D eigenvalue weighted by molar-refractivity contribution is 0.209. The van der Waals surface area contributed by atoms with Gasteiger partial charge in [-0.3, -0.25) is 9.30 Å². The number of fused-ring (bicyclic) bond motifs is 2. The van der Waals surface area contributed by atoms with E-state index in [0.29, 0.717) is 6.04 Å². The quantitative estimate of drug-likeness (QED) is 0.271. The predicted molar refractivity (Wildman–Crippen MR) is 148 cm³/mol. The Morgan fingerprint density at radius 3 is 2.64 bits per heavy atom. The van der Waals surface area contributed by atoms with Crippen LogP contribution in [0.3, 0.4) is 0 Å². The standard InChI is InChI=1S/C28H29ClN6O/c1-18(2)33-11-13-34(14-12-33)26-7-4-21(16-23(26)29)32-24-6-8-25(35-10-9-30-27(24)35)19-3-5-22-20(15-19)17-31-28(22)36/h3-10,15-18,31-32,36H,11-14H2,1-2H3. The van der Waals surface area contributed by atoms with Gasteiger partial charge in [-0.2, -0.15) is 0 Å². The summed E-state index contributed by atoms with van der Waals surface area (Å²) in [6.07, 6.45) is 5.58. The van der Waals surface area contributed by atoms with E-state index in [-0.39, 0.29) is 5.88 Å². The van der Waals surface area contributed by atoms with Crippen molar-refractivity contribution in [1.29, 1.82) is 0 Å². The Kier molecular flexibility index (Phi) is 5.74. The normalized spacial score (nSPS) is 14.8. The molecule has 0 amide bonds. The molecule has 36 heavy (non-hydrogen) atoms. The number of nitrogens with one attached hydrogen (secondary N) is 2. The summed E-state index contributed by atoms with van der Waals surface area (Å²) < 4.78 is 2.07. The molecule has 184 valence electrons. The van der Waals surface area contributed by atoms with Gasteiger partial charge >= 0.3 is 0 Å². The summed E-state index contributed by atoms with van der Waals surface area (Å²) in [5.41, 5.74) is 5.79. The molecular formula is C28H29ClN6O. The Morgan fingerprint density at radius 1 is 1.03 bits per heavy atom. The molecule has 1 aliphatic heterocycles. The van der Waals surface area contributed by atoms with Crippen molar-refractivity contribution >= 4 is 45.1 Å². The van der Waals surface area contributed by atoms with Gasteiger partial charge in [0.2, 0.25) is 0 Å². The SMILES string of the molecule is CC(C)N1CCN(c2ccc(Nc3ccc(-c4ccc5c(O)[nH]cc5c4)n4ccnc34)cc2Cl)CC1. The number of nitrogens with zero attached hydrogens (tertiary/aromatic N) is 4. The Balaban J connectivity index is 1.25. The molecule has 6 rings (SSSR count). The van der Waals surface area contributed by atoms with Gasteiger partial charge in [-0.05, 0) is 61.9 Å². The number of anilines is 3. The van der Waals surface area contributed by atoms with E-state index in [9.17, 15) is 5.11 Å². The van der Waals surface area contributed by atoms with Crippen molar-refractivity contribution in [2.24, 2.45) is 0 Å². The fourth-order valence-electron chi connectivity index (χ4n) is 5.10. The fourth-order valence-corrected chi connectivity index (χ4v) is 5.40. The van der Waals surface area contributed by atoms with Crippen LogP contribution in [0, 0.1) is 0 Å². The first-order valence-corrected chi connectivity index (χ1v) is 12.7. The molecule has 0 spiro atoms. The maximum absolute atomic E-state index is 9.94. The van der Waals surface area contributed by atoms with Crippen LogP contribution in [0.1, 0.15) is 13.8 Å². The monoisotopic (exact) mass is 500 g/mol. The zero-order chi connectivity index (χ0) is 24.8. The molecule has 2 aromatic carbocycles. The Morgan fingerprint density at radius 2 is 1.86 bits per heavy atom. The Bertz CT molecular complexity index is 1550. The number of pyridine rings is 1. The van der Waals surface area contributed by atoms with E-state index in [1.165, 1.54) is 0 Å². The average Bonchev–Trinajstić information content (AvgIpc) is 3.52. The van der Waals surface area contributed by atoms with Gasteiger partial charge < -0.3 is 20.3 Å². The number of H-pyrrole nitrogens is 1. The summed E-state index contributed by atoms with van der Waals surface area (Å²) in [5, 5.41) is 16.0. The van der Waals surface area contributed by atoms with E-state index >= 15 is 0 Å². The van der Waals surface area contributed by atoms with E-state index in [0.717, 1.165) is 75.9 Å². The first-order valence-electron chi connectivity index (χ1n) is 12.3. The van der Waals surface area contributed by atoms with E-state index in [1.54, 1.807) is 6.20 Å². The van der Waals surface area contributed by atoms with Crippen molar-refractivity contribution in [2.75, 3.05) is 36.4 Å². The maximum Gasteiger partial charge on any atom is 0.196 e. The molecule has 0 radical (unpaired) electrons. The highest BCUT2D eigenvalue weighted by atomic mass is 35.5. The summed E-state index contributed by atoms with van der Waals surface area (Å²) in [4.78, 5) is 12.3. The number of aromatic amines is 1. The smallest absolute Gasteiger partial charge is 0.196 e. The zero-order valence-electron chi connectivity index (χ0n) is 20.4. The Hall–Kier alpha value is -3.68. The third-order valence-corrected chi connectivity index (χ3v) is 7.43. The topological polar surface area (TPSA) is 71.8 Å². The number of aromatic nitrogens is 3. The largest absolute Gasteiger partial charge is 0.494 e. The third-order valence-electron chi connectivity index (χ3n) is 7.13. The van der Waals surface area contributed by atoms with Crippen LogP contribution in [0.25, 0.3) is 27.7 Å². The molecule has 0 bridgehead atoms. The molecule has 0 atom stereocenters. The van der Waals surface area contributed by atoms with Crippen LogP contribution in [0.2, 0.25) is 5.02 Å². The highest BCUT2D eigenvalue weighted by molar-refractivity contribution is 6.33. The lowest BCUT2D eigenvalue weighted by atomic mass is 10.1. The molecule has 0 saturated carbocycles. The van der Waals surface area contributed by atoms with Crippen molar-refractivity contribution in [1.82, 2.24) is 19.3 Å². The minimum absolute atomic E-state index is 0.186. The molecular weight excluding hydrogens is 472 g/mol. The van der Waals surface area contributed by atoms with E-state index in [2.05, 4.69) is 67.6 Å². The number of aromatic hydroxyl groups is 1. The van der Waals surface area contributed by atoms with E-state index in [1.807, 2.05) is 36.7 Å². The number of hydrogen-bond acceptors (Lipinski definition) is 5. The van der Waals surface area contributed by atoms with Gasteiger partial charge in [-0.25, -0.2) is 4.98 Å². The molecule has 1 aliphatic rings. The van der Waals surface area contributed by atoms with Crippen LogP contribution < -0.4 is 10.2 Å². The lowest BCUT2D eigenvalue weighted by Gasteiger charge is -2.38. The Labute approximate surface area is 214 Å². The maximum atomic E-state index is 9.94. The number of hydrogen-bond donors (Lipinski definition) is 3. The first-order chi connectivity index (χ1) is 17.5. The molecule has 1 saturated heterocycles. The predicted octanol–water partition coefficient (Wildman–Crippen LogP) is 6.12. The number of halogens is 1. The van der Waals surface area contributed by atoms with Gasteiger partial charge in [-0.1, -0.05) is 17.7 Å². The highest BCUT2D eigenvalue weighted by Crippen LogP contribution is 2.34.